The normalized spacial score (nSPS) is 10.8. The van der Waals surface area contributed by atoms with E-state index < -0.39 is 0 Å². The molecule has 6 aromatic rings. The number of para-hydroxylation sites is 1. The molecule has 42 heavy (non-hydrogen) atoms. The van der Waals surface area contributed by atoms with Crippen molar-refractivity contribution in [2.45, 2.75) is 12.8 Å². The fourth-order valence-electron chi connectivity index (χ4n) is 5.16. The quantitative estimate of drug-likeness (QED) is 0.117. The van der Waals surface area contributed by atoms with Gasteiger partial charge in [-0.3, -0.25) is 9.59 Å². The highest BCUT2D eigenvalue weighted by Crippen LogP contribution is 2.36. The fraction of sp³-hybridized carbons (Fsp3) is 0.125. The lowest BCUT2D eigenvalue weighted by Crippen LogP contribution is -2.16. The van der Waals surface area contributed by atoms with Crippen molar-refractivity contribution in [3.63, 3.8) is 0 Å². The Hall–Kier alpha value is -4.34. The summed E-state index contributed by atoms with van der Waals surface area (Å²) in [5.41, 5.74) is 19.0. The molecule has 0 unspecified atom stereocenters. The summed E-state index contributed by atoms with van der Waals surface area (Å²) in [7, 11) is 0. The Balaban J connectivity index is 0.00000202. The number of carbonyl (C=O) groups excluding carboxylic acids is 2. The molecule has 10 heteroatoms. The van der Waals surface area contributed by atoms with Gasteiger partial charge >= 0.3 is 0 Å². The van der Waals surface area contributed by atoms with E-state index >= 15 is 0 Å². The summed E-state index contributed by atoms with van der Waals surface area (Å²) in [6, 6.07) is 28.7. The maximum Gasteiger partial charge on any atom is 0.226 e. The number of aromatic amines is 2. The van der Waals surface area contributed by atoms with E-state index in [0.717, 1.165) is 60.6 Å². The Morgan fingerprint density at radius 3 is 1.88 bits per heavy atom. The number of aromatic nitrogens is 2. The summed E-state index contributed by atoms with van der Waals surface area (Å²) in [4.78, 5) is 31.0. The predicted molar refractivity (Wildman–Crippen MR) is 178 cm³/mol. The van der Waals surface area contributed by atoms with Gasteiger partial charge in [-0.1, -0.05) is 36.4 Å². The van der Waals surface area contributed by atoms with E-state index in [1.165, 1.54) is 0 Å². The molecule has 0 aliphatic heterocycles. The van der Waals surface area contributed by atoms with Gasteiger partial charge in [-0.15, -0.1) is 24.8 Å². The zero-order valence-corrected chi connectivity index (χ0v) is 24.3. The monoisotopic (exact) mass is 602 g/mol. The van der Waals surface area contributed by atoms with Crippen LogP contribution in [0, 0.1) is 0 Å². The molecule has 2 heterocycles. The Morgan fingerprint density at radius 2 is 1.19 bits per heavy atom. The second kappa shape index (κ2) is 13.1. The number of hydrogen-bond acceptors (Lipinski definition) is 4. The highest BCUT2D eigenvalue weighted by Gasteiger charge is 2.12. The number of rotatable bonds is 8. The molecule has 6 rings (SSSR count). The summed E-state index contributed by atoms with van der Waals surface area (Å²) in [6.45, 7) is 0.618. The first kappa shape index (κ1) is 30.6. The van der Waals surface area contributed by atoms with Gasteiger partial charge in [0.25, 0.3) is 0 Å². The largest absolute Gasteiger partial charge is 0.355 e. The number of fused-ring (bicyclic) bond motifs is 4. The van der Waals surface area contributed by atoms with E-state index in [4.69, 9.17) is 11.5 Å². The van der Waals surface area contributed by atoms with Gasteiger partial charge in [-0.25, -0.2) is 0 Å². The molecule has 0 atom stereocenters. The molecule has 0 saturated heterocycles. The Bertz CT molecular complexity index is 1900. The van der Waals surface area contributed by atoms with E-state index in [1.54, 1.807) is 0 Å². The molecular weight excluding hydrogens is 571 g/mol. The minimum absolute atomic E-state index is 0. The standard InChI is InChI=1S/C32H30N6O2.2ClH/c33-13-11-31(39)37-27-4-2-1-3-23(27)21-7-10-29-25(17-21)24-16-20(6-9-28(24)35-29)19-5-8-26-22(15-19)18-30(36-26)38-32(40)12-14-34;;/h1-10,15-18,35-36H,11-14,33-34H2,(H,37,39)(H,38,40);2*1H. The third kappa shape index (κ3) is 6.12. The zero-order chi connectivity index (χ0) is 27.6. The minimum atomic E-state index is -0.112. The predicted octanol–water partition coefficient (Wildman–Crippen LogP) is 6.55. The highest BCUT2D eigenvalue weighted by atomic mass is 35.5. The fourth-order valence-corrected chi connectivity index (χ4v) is 5.16. The van der Waals surface area contributed by atoms with Crippen molar-refractivity contribution in [2.24, 2.45) is 11.5 Å². The van der Waals surface area contributed by atoms with Gasteiger partial charge in [0.2, 0.25) is 11.8 Å². The molecule has 8 N–H and O–H groups in total. The van der Waals surface area contributed by atoms with Gasteiger partial charge in [0.1, 0.15) is 5.82 Å². The third-order valence-corrected chi connectivity index (χ3v) is 7.08. The third-order valence-electron chi connectivity index (χ3n) is 7.08. The number of amides is 2. The van der Waals surface area contributed by atoms with Crippen LogP contribution < -0.4 is 22.1 Å². The number of nitrogens with one attached hydrogen (secondary N) is 4. The van der Waals surface area contributed by atoms with Crippen LogP contribution in [0.2, 0.25) is 0 Å². The molecule has 8 nitrogen and oxygen atoms in total. The molecule has 0 fully saturated rings. The lowest BCUT2D eigenvalue weighted by Gasteiger charge is -2.11. The van der Waals surface area contributed by atoms with Crippen molar-refractivity contribution in [1.29, 1.82) is 0 Å². The number of nitrogens with two attached hydrogens (primary N) is 2. The van der Waals surface area contributed by atoms with E-state index in [1.807, 2.05) is 36.4 Å². The van der Waals surface area contributed by atoms with Crippen LogP contribution in [0.1, 0.15) is 12.8 Å². The minimum Gasteiger partial charge on any atom is -0.355 e. The Kier molecular flexibility index (Phi) is 9.55. The van der Waals surface area contributed by atoms with Crippen molar-refractivity contribution in [2.75, 3.05) is 23.7 Å². The number of anilines is 2. The SMILES string of the molecule is Cl.Cl.NCCC(=O)Nc1cc2cc(-c3ccc4[nH]c5ccc(-c6ccccc6NC(=O)CCN)cc5c4c3)ccc2[nH]1. The van der Waals surface area contributed by atoms with Gasteiger partial charge < -0.3 is 32.1 Å². The molecule has 0 spiro atoms. The van der Waals surface area contributed by atoms with Gasteiger partial charge in [0, 0.05) is 69.9 Å². The topological polar surface area (TPSA) is 142 Å². The number of benzene rings is 4. The molecule has 0 saturated carbocycles. The molecule has 2 aromatic heterocycles. The number of H-pyrrole nitrogens is 2. The van der Waals surface area contributed by atoms with Crippen molar-refractivity contribution in [1.82, 2.24) is 9.97 Å². The summed E-state index contributed by atoms with van der Waals surface area (Å²) >= 11 is 0. The summed E-state index contributed by atoms with van der Waals surface area (Å²) < 4.78 is 0. The van der Waals surface area contributed by atoms with Gasteiger partial charge in [0.05, 0.1) is 0 Å². The molecule has 0 radical (unpaired) electrons. The van der Waals surface area contributed by atoms with Gasteiger partial charge in [-0.05, 0) is 65.2 Å². The van der Waals surface area contributed by atoms with Crippen molar-refractivity contribution < 1.29 is 9.59 Å². The molecule has 216 valence electrons. The summed E-state index contributed by atoms with van der Waals surface area (Å²) in [5, 5.41) is 9.08. The van der Waals surface area contributed by atoms with Crippen LogP contribution in [0.25, 0.3) is 55.0 Å². The van der Waals surface area contributed by atoms with Crippen LogP contribution in [0.15, 0.2) is 84.9 Å². The van der Waals surface area contributed by atoms with Gasteiger partial charge in [-0.2, -0.15) is 0 Å². The molecule has 2 amide bonds. The van der Waals surface area contributed by atoms with Crippen molar-refractivity contribution in [3.8, 4) is 22.3 Å². The average molecular weight is 604 g/mol. The first-order chi connectivity index (χ1) is 19.5. The van der Waals surface area contributed by atoms with E-state index in [2.05, 4.69) is 69.1 Å². The molecule has 0 aliphatic carbocycles. The first-order valence-electron chi connectivity index (χ1n) is 13.3. The summed E-state index contributed by atoms with van der Waals surface area (Å²) in [6.07, 6.45) is 0.554. The van der Waals surface area contributed by atoms with Crippen molar-refractivity contribution >= 4 is 80.8 Å². The maximum absolute atomic E-state index is 12.2. The van der Waals surface area contributed by atoms with Crippen LogP contribution >= 0.6 is 24.8 Å². The van der Waals surface area contributed by atoms with Crippen LogP contribution in [0.4, 0.5) is 11.5 Å². The van der Waals surface area contributed by atoms with Crippen LogP contribution in [-0.2, 0) is 9.59 Å². The lowest BCUT2D eigenvalue weighted by molar-refractivity contribution is -0.116. The smallest absolute Gasteiger partial charge is 0.226 e. The molecular formula is C32H32Cl2N6O2. The lowest BCUT2D eigenvalue weighted by atomic mass is 9.99. The van der Waals surface area contributed by atoms with Gasteiger partial charge in [0.15, 0.2) is 0 Å². The first-order valence-corrected chi connectivity index (χ1v) is 13.3. The highest BCUT2D eigenvalue weighted by molar-refractivity contribution is 6.10. The Labute approximate surface area is 255 Å². The Morgan fingerprint density at radius 1 is 0.619 bits per heavy atom. The van der Waals surface area contributed by atoms with E-state index in [9.17, 15) is 9.59 Å². The second-order valence-corrected chi connectivity index (χ2v) is 9.85. The zero-order valence-electron chi connectivity index (χ0n) is 22.7. The van der Waals surface area contributed by atoms with Crippen LogP contribution in [-0.4, -0.2) is 34.9 Å². The molecule has 0 bridgehead atoms. The van der Waals surface area contributed by atoms with Crippen LogP contribution in [0.5, 0.6) is 0 Å². The number of carbonyl (C=O) groups is 2. The van der Waals surface area contributed by atoms with E-state index in [-0.39, 0.29) is 49.5 Å². The maximum atomic E-state index is 12.2. The number of halogens is 2. The summed E-state index contributed by atoms with van der Waals surface area (Å²) in [5.74, 6) is 0.445. The van der Waals surface area contributed by atoms with Crippen molar-refractivity contribution in [3.05, 3.63) is 84.9 Å². The molecule has 4 aromatic carbocycles. The van der Waals surface area contributed by atoms with E-state index in [0.29, 0.717) is 18.9 Å². The number of hydrogen-bond donors (Lipinski definition) is 6. The second-order valence-electron chi connectivity index (χ2n) is 9.85. The molecule has 0 aliphatic rings. The average Bonchev–Trinajstić information content (AvgIpc) is 3.52. The van der Waals surface area contributed by atoms with Crippen LogP contribution in [0.3, 0.4) is 0 Å².